The van der Waals surface area contributed by atoms with E-state index in [1.165, 1.54) is 12.7 Å². The molecule has 0 spiro atoms. The molecule has 2 aromatic carbocycles. The van der Waals surface area contributed by atoms with Crippen LogP contribution in [0.1, 0.15) is 32.0 Å². The van der Waals surface area contributed by atoms with Crippen molar-refractivity contribution in [3.63, 3.8) is 0 Å². The second-order valence-corrected chi connectivity index (χ2v) is 6.85. The number of anilines is 1. The van der Waals surface area contributed by atoms with Gasteiger partial charge in [0, 0.05) is 11.3 Å². The van der Waals surface area contributed by atoms with Crippen LogP contribution < -0.4 is 10.6 Å². The van der Waals surface area contributed by atoms with Crippen LogP contribution in [0.2, 0.25) is 0 Å². The maximum absolute atomic E-state index is 12.4. The lowest BCUT2D eigenvalue weighted by atomic mass is 10.1. The molecule has 3 aromatic rings. The van der Waals surface area contributed by atoms with Crippen molar-refractivity contribution in [2.45, 2.75) is 13.8 Å². The van der Waals surface area contributed by atoms with Gasteiger partial charge in [0.25, 0.3) is 5.91 Å². The van der Waals surface area contributed by atoms with Crippen LogP contribution in [0.25, 0.3) is 11.3 Å². The highest BCUT2D eigenvalue weighted by Crippen LogP contribution is 2.24. The van der Waals surface area contributed by atoms with Gasteiger partial charge in [-0.15, -0.1) is 0 Å². The van der Waals surface area contributed by atoms with Gasteiger partial charge in [0.1, 0.15) is 5.76 Å². The van der Waals surface area contributed by atoms with Crippen LogP contribution in [0.5, 0.6) is 0 Å². The van der Waals surface area contributed by atoms with E-state index in [9.17, 15) is 9.59 Å². The van der Waals surface area contributed by atoms with Crippen molar-refractivity contribution in [3.8, 4) is 11.3 Å². The lowest BCUT2D eigenvalue weighted by Crippen LogP contribution is -2.33. The Balaban J connectivity index is 1.63. The van der Waals surface area contributed by atoms with E-state index in [1.54, 1.807) is 36.4 Å². The zero-order valence-corrected chi connectivity index (χ0v) is 17.1. The van der Waals surface area contributed by atoms with Crippen LogP contribution in [0.15, 0.2) is 59.0 Å². The number of methoxy groups -OCH3 is 1. The van der Waals surface area contributed by atoms with Gasteiger partial charge in [-0.1, -0.05) is 12.1 Å². The molecule has 0 fully saturated rings. The number of carbonyl (C=O) groups is 2. The first-order valence-corrected chi connectivity index (χ1v) is 9.26. The predicted octanol–water partition coefficient (Wildman–Crippen LogP) is 4.48. The van der Waals surface area contributed by atoms with E-state index < -0.39 is 11.9 Å². The molecule has 0 aliphatic heterocycles. The summed E-state index contributed by atoms with van der Waals surface area (Å²) in [4.78, 5) is 23.9. The Morgan fingerprint density at radius 3 is 2.34 bits per heavy atom. The first kappa shape index (κ1) is 20.3. The van der Waals surface area contributed by atoms with Crippen molar-refractivity contribution in [1.29, 1.82) is 0 Å². The number of amides is 1. The van der Waals surface area contributed by atoms with Crippen molar-refractivity contribution in [3.05, 3.63) is 77.0 Å². The molecule has 148 valence electrons. The van der Waals surface area contributed by atoms with Gasteiger partial charge in [-0.2, -0.15) is 0 Å². The summed E-state index contributed by atoms with van der Waals surface area (Å²) >= 11 is 5.17. The molecule has 3 rings (SSSR count). The van der Waals surface area contributed by atoms with Crippen molar-refractivity contribution >= 4 is 34.9 Å². The molecule has 0 radical (unpaired) electrons. The Morgan fingerprint density at radius 1 is 0.966 bits per heavy atom. The number of hydrogen-bond donors (Lipinski definition) is 2. The number of aryl methyl sites for hydroxylation is 2. The number of esters is 1. The summed E-state index contributed by atoms with van der Waals surface area (Å²) in [6.45, 7) is 4.06. The Morgan fingerprint density at radius 2 is 1.69 bits per heavy atom. The van der Waals surface area contributed by atoms with Gasteiger partial charge >= 0.3 is 5.97 Å². The Hall–Kier alpha value is -3.45. The number of hydrogen-bond acceptors (Lipinski definition) is 5. The van der Waals surface area contributed by atoms with E-state index in [2.05, 4.69) is 15.4 Å². The first-order chi connectivity index (χ1) is 13.9. The van der Waals surface area contributed by atoms with Gasteiger partial charge in [0.05, 0.1) is 12.7 Å². The average molecular weight is 408 g/mol. The fourth-order valence-corrected chi connectivity index (χ4v) is 2.85. The monoisotopic (exact) mass is 408 g/mol. The molecule has 6 nitrogen and oxygen atoms in total. The Labute approximate surface area is 173 Å². The number of thiocarbonyl (C=S) groups is 1. The van der Waals surface area contributed by atoms with E-state index in [1.807, 2.05) is 32.0 Å². The Bertz CT molecular complexity index is 1070. The van der Waals surface area contributed by atoms with E-state index in [4.69, 9.17) is 16.6 Å². The minimum atomic E-state index is -0.455. The minimum Gasteiger partial charge on any atom is -0.465 e. The van der Waals surface area contributed by atoms with Gasteiger partial charge < -0.3 is 14.5 Å². The highest BCUT2D eigenvalue weighted by molar-refractivity contribution is 7.80. The highest BCUT2D eigenvalue weighted by Gasteiger charge is 2.14. The fraction of sp³-hybridized carbons (Fsp3) is 0.136. The van der Waals surface area contributed by atoms with Gasteiger partial charge in [-0.25, -0.2) is 4.79 Å². The molecule has 0 aliphatic carbocycles. The van der Waals surface area contributed by atoms with Crippen LogP contribution in [-0.2, 0) is 4.74 Å². The molecule has 0 saturated heterocycles. The molecule has 0 aliphatic rings. The second-order valence-electron chi connectivity index (χ2n) is 6.44. The smallest absolute Gasteiger partial charge is 0.337 e. The number of benzene rings is 2. The van der Waals surface area contributed by atoms with E-state index in [-0.39, 0.29) is 10.9 Å². The molecule has 0 saturated carbocycles. The molecular weight excluding hydrogens is 388 g/mol. The molecule has 1 heterocycles. The largest absolute Gasteiger partial charge is 0.465 e. The van der Waals surface area contributed by atoms with Crippen LogP contribution in [0.3, 0.4) is 0 Å². The van der Waals surface area contributed by atoms with Crippen LogP contribution in [-0.4, -0.2) is 24.1 Å². The van der Waals surface area contributed by atoms with Crippen molar-refractivity contribution < 1.29 is 18.7 Å². The second kappa shape index (κ2) is 8.70. The number of furan rings is 1. The maximum atomic E-state index is 12.4. The topological polar surface area (TPSA) is 80.6 Å². The third-order valence-corrected chi connectivity index (χ3v) is 4.62. The van der Waals surface area contributed by atoms with Crippen molar-refractivity contribution in [2.75, 3.05) is 12.4 Å². The summed E-state index contributed by atoms with van der Waals surface area (Å²) in [7, 11) is 1.32. The number of nitrogens with one attached hydrogen (secondary N) is 2. The molecule has 29 heavy (non-hydrogen) atoms. The highest BCUT2D eigenvalue weighted by atomic mass is 32.1. The molecule has 1 aromatic heterocycles. The fourth-order valence-electron chi connectivity index (χ4n) is 2.64. The van der Waals surface area contributed by atoms with Crippen LogP contribution >= 0.6 is 12.2 Å². The molecule has 0 unspecified atom stereocenters. The summed E-state index contributed by atoms with van der Waals surface area (Å²) in [5, 5.41) is 5.57. The molecule has 0 bridgehead atoms. The lowest BCUT2D eigenvalue weighted by molar-refractivity contribution is 0.0600. The van der Waals surface area contributed by atoms with Crippen molar-refractivity contribution in [2.24, 2.45) is 0 Å². The summed E-state index contributed by atoms with van der Waals surface area (Å²) in [6, 6.07) is 15.9. The summed E-state index contributed by atoms with van der Waals surface area (Å²) in [5.74, 6) is -0.118. The first-order valence-electron chi connectivity index (χ1n) is 8.85. The van der Waals surface area contributed by atoms with Crippen LogP contribution in [0, 0.1) is 13.8 Å². The molecular formula is C22H20N2O4S. The third-order valence-electron chi connectivity index (χ3n) is 4.41. The van der Waals surface area contributed by atoms with Gasteiger partial charge in [-0.3, -0.25) is 10.1 Å². The zero-order valence-electron chi connectivity index (χ0n) is 16.2. The standard InChI is InChI=1S/C22H20N2O4S/c1-13-4-5-16(12-14(13)2)18-10-11-19(28-18)20(25)24-22(29)23-17-8-6-15(7-9-17)21(26)27-3/h4-12H,1-3H3,(H2,23,24,25,29). The van der Waals surface area contributed by atoms with Gasteiger partial charge in [0.2, 0.25) is 0 Å². The molecule has 2 N–H and O–H groups in total. The molecule has 1 amide bonds. The summed E-state index contributed by atoms with van der Waals surface area (Å²) in [5.41, 5.74) is 4.28. The number of carbonyl (C=O) groups excluding carboxylic acids is 2. The average Bonchev–Trinajstić information content (AvgIpc) is 3.20. The normalized spacial score (nSPS) is 10.3. The number of ether oxygens (including phenoxy) is 1. The SMILES string of the molecule is COC(=O)c1ccc(NC(=S)NC(=O)c2ccc(-c3ccc(C)c(C)c3)o2)cc1. The van der Waals surface area contributed by atoms with Crippen molar-refractivity contribution in [1.82, 2.24) is 5.32 Å². The molecule has 0 atom stereocenters. The lowest BCUT2D eigenvalue weighted by Gasteiger charge is -2.09. The number of rotatable bonds is 4. The predicted molar refractivity (Wildman–Crippen MR) is 115 cm³/mol. The minimum absolute atomic E-state index is 0.116. The zero-order chi connectivity index (χ0) is 21.0. The Kier molecular flexibility index (Phi) is 6.09. The van der Waals surface area contributed by atoms with Crippen LogP contribution in [0.4, 0.5) is 5.69 Å². The van der Waals surface area contributed by atoms with Gasteiger partial charge in [0.15, 0.2) is 10.9 Å². The van der Waals surface area contributed by atoms with E-state index in [0.717, 1.165) is 11.1 Å². The third kappa shape index (κ3) is 4.89. The summed E-state index contributed by atoms with van der Waals surface area (Å²) in [6.07, 6.45) is 0. The summed E-state index contributed by atoms with van der Waals surface area (Å²) < 4.78 is 10.3. The van der Waals surface area contributed by atoms with E-state index >= 15 is 0 Å². The molecule has 7 heteroatoms. The quantitative estimate of drug-likeness (QED) is 0.490. The van der Waals surface area contributed by atoms with Gasteiger partial charge in [-0.05, 0) is 79.7 Å². The maximum Gasteiger partial charge on any atom is 0.337 e. The van der Waals surface area contributed by atoms with E-state index in [0.29, 0.717) is 17.0 Å².